The molecule has 3 heteroatoms. The monoisotopic (exact) mass is 739 g/mol. The molecule has 2 bridgehead atoms. The van der Waals surface area contributed by atoms with Crippen LogP contribution in [0.1, 0.15) is 152 Å². The van der Waals surface area contributed by atoms with E-state index in [4.69, 9.17) is 0 Å². The van der Waals surface area contributed by atoms with Crippen molar-refractivity contribution in [3.63, 3.8) is 0 Å². The summed E-state index contributed by atoms with van der Waals surface area (Å²) in [5, 5.41) is 0. The summed E-state index contributed by atoms with van der Waals surface area (Å²) in [6.45, 7) is 18.7. The molecule has 288 valence electrons. The molecule has 9 rings (SSSR count). The maximum absolute atomic E-state index is 2.63. The second-order valence-corrected chi connectivity index (χ2v) is 19.4. The van der Waals surface area contributed by atoms with Gasteiger partial charge in [-0.2, -0.15) is 0 Å². The molecule has 0 amide bonds. The fourth-order valence-corrected chi connectivity index (χ4v) is 11.0. The fraction of sp³-hybridized carbons (Fsp3) is 0.434. The van der Waals surface area contributed by atoms with E-state index in [0.717, 1.165) is 24.2 Å². The predicted octanol–water partition coefficient (Wildman–Crippen LogP) is 13.4. The standard InChI is InChI=1S/C53H63BN2/c1-33(2)41-14-20-45(21-15-41)55-49-24-18-43(35(5)6)31-47(49)54-48-32-44(36(7)8)19-25-50(48)56(46-22-16-42(17-23-46)34(3)4)52-30-40(29-51(55)53(52)54)13-12-39-27-37-10-9-11-38(26-37)28-39/h14-25,29-39H,9-13,26-28H2,1-8H3. The van der Waals surface area contributed by atoms with E-state index in [9.17, 15) is 0 Å². The van der Waals surface area contributed by atoms with Crippen LogP contribution >= 0.6 is 0 Å². The van der Waals surface area contributed by atoms with E-state index in [1.165, 1.54) is 123 Å². The van der Waals surface area contributed by atoms with Gasteiger partial charge in [-0.05, 0) is 166 Å². The Kier molecular flexibility index (Phi) is 9.96. The Morgan fingerprint density at radius 3 is 1.36 bits per heavy atom. The average Bonchev–Trinajstić information content (AvgIpc) is 3.19. The van der Waals surface area contributed by atoms with Crippen molar-refractivity contribution in [2.24, 2.45) is 17.8 Å². The Hall–Kier alpha value is -4.24. The van der Waals surface area contributed by atoms with Gasteiger partial charge in [0.05, 0.1) is 0 Å². The van der Waals surface area contributed by atoms with Crippen LogP contribution in [0.4, 0.5) is 34.1 Å². The van der Waals surface area contributed by atoms with E-state index in [1.807, 2.05) is 0 Å². The van der Waals surface area contributed by atoms with Crippen molar-refractivity contribution in [1.29, 1.82) is 0 Å². The first-order valence-electron chi connectivity index (χ1n) is 22.3. The molecule has 56 heavy (non-hydrogen) atoms. The molecule has 2 aliphatic heterocycles. The van der Waals surface area contributed by atoms with Crippen LogP contribution < -0.4 is 26.2 Å². The van der Waals surface area contributed by atoms with Crippen LogP contribution in [-0.2, 0) is 6.42 Å². The topological polar surface area (TPSA) is 6.48 Å². The molecule has 5 aromatic carbocycles. The van der Waals surface area contributed by atoms with Gasteiger partial charge in [0.25, 0.3) is 6.71 Å². The van der Waals surface area contributed by atoms with Crippen LogP contribution in [0.15, 0.2) is 97.1 Å². The van der Waals surface area contributed by atoms with Crippen molar-refractivity contribution < 1.29 is 0 Å². The van der Waals surface area contributed by atoms with Crippen LogP contribution in [-0.4, -0.2) is 6.71 Å². The van der Waals surface area contributed by atoms with Gasteiger partial charge in [-0.3, -0.25) is 0 Å². The molecule has 5 aromatic rings. The number of aryl methyl sites for hydroxylation is 1. The lowest BCUT2D eigenvalue weighted by molar-refractivity contribution is 0.132. The number of hydrogen-bond donors (Lipinski definition) is 0. The molecule has 2 nitrogen and oxygen atoms in total. The lowest BCUT2D eigenvalue weighted by Crippen LogP contribution is -2.61. The summed E-state index contributed by atoms with van der Waals surface area (Å²) in [7, 11) is 0. The van der Waals surface area contributed by atoms with E-state index in [0.29, 0.717) is 23.7 Å². The minimum absolute atomic E-state index is 0.145. The molecule has 0 aromatic heterocycles. The predicted molar refractivity (Wildman–Crippen MR) is 243 cm³/mol. The zero-order valence-electron chi connectivity index (χ0n) is 35.4. The molecular formula is C53H63BN2. The van der Waals surface area contributed by atoms with Crippen LogP contribution in [0.2, 0.25) is 0 Å². The Bertz CT molecular complexity index is 2060. The van der Waals surface area contributed by atoms with Crippen LogP contribution in [0, 0.1) is 17.8 Å². The van der Waals surface area contributed by atoms with Crippen LogP contribution in [0.5, 0.6) is 0 Å². The quantitative estimate of drug-likeness (QED) is 0.136. The first-order chi connectivity index (χ1) is 27.0. The number of benzene rings is 5. The summed E-state index contributed by atoms with van der Waals surface area (Å²) in [6.07, 6.45) is 11.2. The fourth-order valence-electron chi connectivity index (χ4n) is 11.0. The maximum atomic E-state index is 2.63. The average molecular weight is 739 g/mol. The van der Waals surface area contributed by atoms with Gasteiger partial charge in [-0.15, -0.1) is 0 Å². The smallest absolute Gasteiger partial charge is 0.252 e. The lowest BCUT2D eigenvalue weighted by Gasteiger charge is -2.45. The number of fused-ring (bicyclic) bond motifs is 6. The zero-order valence-corrected chi connectivity index (χ0v) is 35.4. The van der Waals surface area contributed by atoms with Crippen LogP contribution in [0.25, 0.3) is 0 Å². The summed E-state index contributed by atoms with van der Waals surface area (Å²) in [4.78, 5) is 5.26. The van der Waals surface area contributed by atoms with Crippen molar-refractivity contribution in [2.75, 3.05) is 9.80 Å². The van der Waals surface area contributed by atoms with Gasteiger partial charge in [0, 0.05) is 34.1 Å². The summed E-state index contributed by atoms with van der Waals surface area (Å²) < 4.78 is 0. The van der Waals surface area contributed by atoms with Crippen molar-refractivity contribution in [1.82, 2.24) is 0 Å². The van der Waals surface area contributed by atoms with Crippen molar-refractivity contribution in [3.8, 4) is 0 Å². The van der Waals surface area contributed by atoms with Gasteiger partial charge in [0.15, 0.2) is 0 Å². The number of rotatable bonds is 9. The SMILES string of the molecule is CC(C)c1ccc(N2c3ccc(C(C)C)cc3B3c4cc(C(C)C)ccc4N(c4ccc(C(C)C)cc4)c4cc(CCC5CC6CCCC(C6)C5)cc2c43)cc1. The molecule has 4 aliphatic rings. The minimum Gasteiger partial charge on any atom is -0.311 e. The van der Waals surface area contributed by atoms with Gasteiger partial charge in [0.1, 0.15) is 0 Å². The molecule has 2 fully saturated rings. The van der Waals surface area contributed by atoms with Crippen molar-refractivity contribution in [3.05, 3.63) is 125 Å². The lowest BCUT2D eigenvalue weighted by atomic mass is 9.33. The molecule has 0 spiro atoms. The summed E-state index contributed by atoms with van der Waals surface area (Å²) in [5.74, 6) is 4.66. The van der Waals surface area contributed by atoms with Gasteiger partial charge >= 0.3 is 0 Å². The molecular weight excluding hydrogens is 675 g/mol. The molecule has 2 unspecified atom stereocenters. The van der Waals surface area contributed by atoms with Gasteiger partial charge < -0.3 is 9.80 Å². The Labute approximate surface area is 338 Å². The molecule has 2 aliphatic carbocycles. The van der Waals surface area contributed by atoms with Crippen molar-refractivity contribution in [2.45, 2.75) is 130 Å². The highest BCUT2D eigenvalue weighted by Gasteiger charge is 2.44. The summed E-state index contributed by atoms with van der Waals surface area (Å²) >= 11 is 0. The van der Waals surface area contributed by atoms with Crippen LogP contribution in [0.3, 0.4) is 0 Å². The highest BCUT2D eigenvalue weighted by atomic mass is 15.2. The van der Waals surface area contributed by atoms with E-state index >= 15 is 0 Å². The van der Waals surface area contributed by atoms with E-state index in [1.54, 1.807) is 0 Å². The third-order valence-electron chi connectivity index (χ3n) is 14.2. The van der Waals surface area contributed by atoms with Crippen molar-refractivity contribution >= 4 is 57.2 Å². The van der Waals surface area contributed by atoms with E-state index in [-0.39, 0.29) is 6.71 Å². The molecule has 2 saturated carbocycles. The van der Waals surface area contributed by atoms with Gasteiger partial charge in [-0.25, -0.2) is 0 Å². The Morgan fingerprint density at radius 1 is 0.500 bits per heavy atom. The number of nitrogens with zero attached hydrogens (tertiary/aromatic N) is 2. The Morgan fingerprint density at radius 2 is 0.929 bits per heavy atom. The summed E-state index contributed by atoms with van der Waals surface area (Å²) in [5.41, 5.74) is 19.2. The normalized spacial score (nSPS) is 19.9. The third kappa shape index (κ3) is 6.71. The first-order valence-corrected chi connectivity index (χ1v) is 22.3. The highest BCUT2D eigenvalue weighted by molar-refractivity contribution is 7.00. The largest absolute Gasteiger partial charge is 0.311 e. The second kappa shape index (κ2) is 14.9. The number of hydrogen-bond acceptors (Lipinski definition) is 2. The Balaban J connectivity index is 1.28. The number of anilines is 6. The molecule has 0 radical (unpaired) electrons. The zero-order chi connectivity index (χ0) is 38.8. The van der Waals surface area contributed by atoms with E-state index in [2.05, 4.69) is 162 Å². The molecule has 0 saturated heterocycles. The highest BCUT2D eigenvalue weighted by Crippen LogP contribution is 2.47. The summed E-state index contributed by atoms with van der Waals surface area (Å²) in [6, 6.07) is 39.0. The second-order valence-electron chi connectivity index (χ2n) is 19.4. The third-order valence-corrected chi connectivity index (χ3v) is 14.2. The maximum Gasteiger partial charge on any atom is 0.252 e. The molecule has 2 heterocycles. The minimum atomic E-state index is 0.145. The molecule has 0 N–H and O–H groups in total. The molecule has 2 atom stereocenters. The van der Waals surface area contributed by atoms with Gasteiger partial charge in [0.2, 0.25) is 0 Å². The first kappa shape index (κ1) is 37.3. The van der Waals surface area contributed by atoms with Gasteiger partial charge in [-0.1, -0.05) is 123 Å². The van der Waals surface area contributed by atoms with E-state index < -0.39 is 0 Å².